The molecule has 1 aromatic carbocycles. The van der Waals surface area contributed by atoms with E-state index in [4.69, 9.17) is 0 Å². The van der Waals surface area contributed by atoms with Crippen LogP contribution in [-0.4, -0.2) is 31.5 Å². The maximum Gasteiger partial charge on any atom is 0.344 e. The summed E-state index contributed by atoms with van der Waals surface area (Å²) in [6.07, 6.45) is 3.98. The quantitative estimate of drug-likeness (QED) is 0.375. The van der Waals surface area contributed by atoms with E-state index in [0.717, 1.165) is 0 Å². The first-order valence-electron chi connectivity index (χ1n) is 8.16. The SMILES string of the molecule is O=C(c1ccccc1)c1ccc[n+](CC(P(=O)(O)O)P(=O)(O)C2CC2)c1. The van der Waals surface area contributed by atoms with E-state index in [0.29, 0.717) is 24.0 Å². The second-order valence-corrected chi connectivity index (χ2v) is 11.4. The van der Waals surface area contributed by atoms with Crippen LogP contribution in [0.5, 0.6) is 0 Å². The van der Waals surface area contributed by atoms with Crippen molar-refractivity contribution in [3.8, 4) is 0 Å². The first-order valence-corrected chi connectivity index (χ1v) is 11.6. The van der Waals surface area contributed by atoms with E-state index in [9.17, 15) is 28.6 Å². The van der Waals surface area contributed by atoms with Gasteiger partial charge in [0.25, 0.3) is 0 Å². The lowest BCUT2D eigenvalue weighted by Gasteiger charge is -2.21. The first kappa shape index (κ1) is 19.2. The number of carbonyl (C=O) groups is 1. The number of pyridine rings is 1. The van der Waals surface area contributed by atoms with E-state index >= 15 is 0 Å². The summed E-state index contributed by atoms with van der Waals surface area (Å²) in [6, 6.07) is 11.8. The highest BCUT2D eigenvalue weighted by Crippen LogP contribution is 2.69. The Morgan fingerprint density at radius 3 is 2.23 bits per heavy atom. The van der Waals surface area contributed by atoms with Crippen molar-refractivity contribution < 1.29 is 33.2 Å². The van der Waals surface area contributed by atoms with Crippen molar-refractivity contribution in [1.29, 1.82) is 0 Å². The summed E-state index contributed by atoms with van der Waals surface area (Å²) >= 11 is 0. The second-order valence-electron chi connectivity index (χ2n) is 6.46. The van der Waals surface area contributed by atoms with Gasteiger partial charge in [-0.3, -0.25) is 13.9 Å². The Morgan fingerprint density at radius 2 is 1.65 bits per heavy atom. The summed E-state index contributed by atoms with van der Waals surface area (Å²) in [7, 11) is -8.81. The minimum Gasteiger partial charge on any atom is -0.343 e. The van der Waals surface area contributed by atoms with Crippen molar-refractivity contribution in [2.24, 2.45) is 0 Å². The van der Waals surface area contributed by atoms with Gasteiger partial charge in [-0.1, -0.05) is 30.3 Å². The molecule has 3 N–H and O–H groups in total. The molecule has 0 spiro atoms. The Bertz CT molecular complexity index is 906. The fourth-order valence-corrected chi connectivity index (χ4v) is 7.33. The van der Waals surface area contributed by atoms with Gasteiger partial charge in [0, 0.05) is 17.3 Å². The van der Waals surface area contributed by atoms with Gasteiger partial charge in [0.1, 0.15) is 0 Å². The summed E-state index contributed by atoms with van der Waals surface area (Å²) < 4.78 is 25.8. The highest BCUT2D eigenvalue weighted by atomic mass is 31.2. The van der Waals surface area contributed by atoms with Crippen molar-refractivity contribution in [3.63, 3.8) is 0 Å². The van der Waals surface area contributed by atoms with E-state index in [1.54, 1.807) is 42.5 Å². The standard InChI is InChI=1S/C17H19NO6P2/c19-17(13-5-2-1-3-6-13)14-7-4-10-18(11-14)12-16(26(22,23)24)25(20,21)15-8-9-15/h1-7,10-11,15-16H,8-9,12H2,(H2-,20,21,22,23,24)/p+1. The van der Waals surface area contributed by atoms with Gasteiger partial charge in [-0.05, 0) is 18.9 Å². The van der Waals surface area contributed by atoms with Crippen molar-refractivity contribution in [1.82, 2.24) is 0 Å². The van der Waals surface area contributed by atoms with Crippen LogP contribution in [0.4, 0.5) is 0 Å². The monoisotopic (exact) mass is 396 g/mol. The van der Waals surface area contributed by atoms with Gasteiger partial charge < -0.3 is 14.7 Å². The van der Waals surface area contributed by atoms with Crippen molar-refractivity contribution in [3.05, 3.63) is 66.0 Å². The molecule has 0 radical (unpaired) electrons. The van der Waals surface area contributed by atoms with Gasteiger partial charge in [0.15, 0.2) is 30.1 Å². The van der Waals surface area contributed by atoms with Crippen LogP contribution in [0.3, 0.4) is 0 Å². The molecule has 1 aliphatic carbocycles. The summed E-state index contributed by atoms with van der Waals surface area (Å²) in [4.78, 5) is 42.0. The lowest BCUT2D eigenvalue weighted by Crippen LogP contribution is -2.40. The smallest absolute Gasteiger partial charge is 0.343 e. The van der Waals surface area contributed by atoms with E-state index in [1.807, 2.05) is 0 Å². The zero-order chi connectivity index (χ0) is 18.9. The summed E-state index contributed by atoms with van der Waals surface area (Å²) in [5.74, 6) is -0.234. The number of benzene rings is 1. The minimum atomic E-state index is -4.79. The van der Waals surface area contributed by atoms with Gasteiger partial charge in [-0.25, -0.2) is 4.57 Å². The van der Waals surface area contributed by atoms with E-state index < -0.39 is 26.0 Å². The molecule has 1 fully saturated rings. The number of hydrogen-bond acceptors (Lipinski definition) is 3. The first-order chi connectivity index (χ1) is 12.2. The largest absolute Gasteiger partial charge is 0.344 e. The number of aromatic nitrogens is 1. The molecule has 2 aromatic rings. The fourth-order valence-electron chi connectivity index (χ4n) is 2.84. The molecule has 2 atom stereocenters. The molecule has 9 heteroatoms. The maximum absolute atomic E-state index is 12.6. The van der Waals surface area contributed by atoms with Crippen LogP contribution in [0, 0.1) is 0 Å². The predicted molar refractivity (Wildman–Crippen MR) is 95.2 cm³/mol. The lowest BCUT2D eigenvalue weighted by atomic mass is 10.1. The van der Waals surface area contributed by atoms with Gasteiger partial charge in [-0.15, -0.1) is 0 Å². The highest BCUT2D eigenvalue weighted by molar-refractivity contribution is 7.74. The van der Waals surface area contributed by atoms with Gasteiger partial charge in [-0.2, -0.15) is 0 Å². The Kier molecular flexibility index (Phi) is 5.29. The molecule has 0 aliphatic heterocycles. The fraction of sp³-hybridized carbons (Fsp3) is 0.294. The molecule has 1 aliphatic rings. The molecular weight excluding hydrogens is 376 g/mol. The number of hydrogen-bond donors (Lipinski definition) is 3. The van der Waals surface area contributed by atoms with E-state index in [2.05, 4.69) is 0 Å². The van der Waals surface area contributed by atoms with Crippen molar-refractivity contribution in [2.75, 3.05) is 0 Å². The van der Waals surface area contributed by atoms with Crippen molar-refractivity contribution >= 4 is 20.7 Å². The Balaban J connectivity index is 1.88. The van der Waals surface area contributed by atoms with Crippen LogP contribution in [0.25, 0.3) is 0 Å². The predicted octanol–water partition coefficient (Wildman–Crippen LogP) is 2.14. The van der Waals surface area contributed by atoms with Crippen LogP contribution in [0.15, 0.2) is 54.9 Å². The second kappa shape index (κ2) is 7.18. The average molecular weight is 396 g/mol. The third kappa shape index (κ3) is 4.20. The Morgan fingerprint density at radius 1 is 1.04 bits per heavy atom. The topological polar surface area (TPSA) is 116 Å². The number of rotatable bonds is 7. The molecule has 0 saturated heterocycles. The molecule has 7 nitrogen and oxygen atoms in total. The molecule has 1 heterocycles. The molecule has 2 unspecified atom stereocenters. The molecule has 26 heavy (non-hydrogen) atoms. The number of carbonyl (C=O) groups excluding carboxylic acids is 1. The summed E-state index contributed by atoms with van der Waals surface area (Å²) in [5, 5.41) is -1.67. The van der Waals surface area contributed by atoms with Crippen LogP contribution in [0.2, 0.25) is 0 Å². The average Bonchev–Trinajstić information content (AvgIpc) is 3.44. The molecule has 1 aromatic heterocycles. The third-order valence-electron chi connectivity index (χ3n) is 4.42. The van der Waals surface area contributed by atoms with Gasteiger partial charge in [0.2, 0.25) is 7.37 Å². The summed E-state index contributed by atoms with van der Waals surface area (Å²) in [5.41, 5.74) is 0.278. The van der Waals surface area contributed by atoms with E-state index in [1.165, 1.54) is 17.0 Å². The van der Waals surface area contributed by atoms with Crippen LogP contribution >= 0.6 is 15.0 Å². The Labute approximate surface area is 150 Å². The molecular formula is C17H20NO6P2+. The van der Waals surface area contributed by atoms with Crippen molar-refractivity contribution in [2.45, 2.75) is 30.4 Å². The number of ketones is 1. The highest BCUT2D eigenvalue weighted by Gasteiger charge is 2.54. The normalized spacial score (nSPS) is 18.1. The maximum atomic E-state index is 12.6. The summed E-state index contributed by atoms with van der Waals surface area (Å²) in [6.45, 7) is -0.329. The number of nitrogens with zero attached hydrogens (tertiary/aromatic N) is 1. The van der Waals surface area contributed by atoms with Gasteiger partial charge in [0.05, 0.1) is 5.56 Å². The molecule has 1 saturated carbocycles. The van der Waals surface area contributed by atoms with Crippen LogP contribution in [-0.2, 0) is 15.7 Å². The zero-order valence-corrected chi connectivity index (χ0v) is 15.7. The lowest BCUT2D eigenvalue weighted by molar-refractivity contribution is -0.694. The van der Waals surface area contributed by atoms with Crippen LogP contribution < -0.4 is 4.57 Å². The van der Waals surface area contributed by atoms with Crippen LogP contribution in [0.1, 0.15) is 28.8 Å². The third-order valence-corrected chi connectivity index (χ3v) is 9.83. The van der Waals surface area contributed by atoms with Gasteiger partial charge >= 0.3 is 7.60 Å². The Hall–Kier alpha value is -1.62. The minimum absolute atomic E-state index is 0.234. The molecule has 0 bridgehead atoms. The molecule has 138 valence electrons. The van der Waals surface area contributed by atoms with E-state index in [-0.39, 0.29) is 12.3 Å². The molecule has 3 rings (SSSR count). The molecule has 0 amide bonds. The zero-order valence-electron chi connectivity index (χ0n) is 13.9.